The van der Waals surface area contributed by atoms with Gasteiger partial charge in [-0.2, -0.15) is 5.10 Å². The predicted molar refractivity (Wildman–Crippen MR) is 76.0 cm³/mol. The summed E-state index contributed by atoms with van der Waals surface area (Å²) in [5.41, 5.74) is 0.971. The van der Waals surface area contributed by atoms with Crippen molar-refractivity contribution in [2.24, 2.45) is 7.05 Å². The number of nitrogens with one attached hydrogen (secondary N) is 1. The fraction of sp³-hybridized carbons (Fsp3) is 0.714. The number of rotatable bonds is 4. The van der Waals surface area contributed by atoms with Gasteiger partial charge in [-0.3, -0.25) is 9.48 Å². The zero-order chi connectivity index (χ0) is 13.7. The molecule has 5 nitrogen and oxygen atoms in total. The molecule has 0 radical (unpaired) electrons. The van der Waals surface area contributed by atoms with Gasteiger partial charge in [-0.15, -0.1) is 0 Å². The molecule has 0 aliphatic carbocycles. The average molecular weight is 264 g/mol. The predicted octanol–water partition coefficient (Wildman–Crippen LogP) is 2.01. The van der Waals surface area contributed by atoms with E-state index in [2.05, 4.69) is 10.4 Å². The highest BCUT2D eigenvalue weighted by Crippen LogP contribution is 2.13. The summed E-state index contributed by atoms with van der Waals surface area (Å²) in [7, 11) is 1.89. The van der Waals surface area contributed by atoms with Crippen molar-refractivity contribution in [1.82, 2.24) is 14.7 Å². The number of likely N-dealkylation sites (tertiary alicyclic amines) is 1. The van der Waals surface area contributed by atoms with E-state index in [0.717, 1.165) is 31.6 Å². The van der Waals surface area contributed by atoms with E-state index < -0.39 is 0 Å². The maximum absolute atomic E-state index is 12.2. The molecular weight excluding hydrogens is 240 g/mol. The van der Waals surface area contributed by atoms with Crippen LogP contribution in [0.4, 0.5) is 5.69 Å². The van der Waals surface area contributed by atoms with Crippen LogP contribution in [0.15, 0.2) is 12.4 Å². The van der Waals surface area contributed by atoms with Crippen LogP contribution in [-0.4, -0.2) is 39.7 Å². The third-order valence-corrected chi connectivity index (χ3v) is 3.56. The van der Waals surface area contributed by atoms with Crippen LogP contribution in [0.1, 0.15) is 39.0 Å². The van der Waals surface area contributed by atoms with Crippen LogP contribution in [0.2, 0.25) is 0 Å². The Kier molecular flexibility index (Phi) is 4.82. The third kappa shape index (κ3) is 4.26. The number of nitrogens with zero attached hydrogens (tertiary/aromatic N) is 3. The van der Waals surface area contributed by atoms with Gasteiger partial charge in [0.25, 0.3) is 0 Å². The number of aromatic nitrogens is 2. The first-order valence-corrected chi connectivity index (χ1v) is 7.18. The molecule has 2 rings (SSSR count). The fourth-order valence-electron chi connectivity index (χ4n) is 2.54. The van der Waals surface area contributed by atoms with Crippen molar-refractivity contribution in [3.05, 3.63) is 12.4 Å². The maximum Gasteiger partial charge on any atom is 0.224 e. The Hall–Kier alpha value is -1.52. The highest BCUT2D eigenvalue weighted by Gasteiger charge is 2.17. The van der Waals surface area contributed by atoms with Crippen LogP contribution < -0.4 is 5.32 Å². The lowest BCUT2D eigenvalue weighted by molar-refractivity contribution is -0.131. The summed E-state index contributed by atoms with van der Waals surface area (Å²) >= 11 is 0. The van der Waals surface area contributed by atoms with Gasteiger partial charge in [0, 0.05) is 38.8 Å². The molecule has 0 bridgehead atoms. The van der Waals surface area contributed by atoms with E-state index in [1.165, 1.54) is 12.8 Å². The summed E-state index contributed by atoms with van der Waals surface area (Å²) in [4.78, 5) is 14.2. The highest BCUT2D eigenvalue weighted by molar-refractivity contribution is 5.77. The van der Waals surface area contributed by atoms with Gasteiger partial charge in [-0.1, -0.05) is 12.8 Å². The van der Waals surface area contributed by atoms with Gasteiger partial charge in [0.1, 0.15) is 0 Å². The third-order valence-electron chi connectivity index (χ3n) is 3.56. The topological polar surface area (TPSA) is 50.2 Å². The molecule has 1 fully saturated rings. The number of hydrogen-bond donors (Lipinski definition) is 1. The van der Waals surface area contributed by atoms with E-state index in [1.54, 1.807) is 10.9 Å². The lowest BCUT2D eigenvalue weighted by Crippen LogP contribution is -2.35. The van der Waals surface area contributed by atoms with E-state index in [1.807, 2.05) is 25.1 Å². The molecule has 1 saturated heterocycles. The molecule has 1 aromatic heterocycles. The number of carbonyl (C=O) groups excluding carboxylic acids is 1. The molecule has 0 aromatic carbocycles. The quantitative estimate of drug-likeness (QED) is 0.905. The van der Waals surface area contributed by atoms with E-state index >= 15 is 0 Å². The fourth-order valence-corrected chi connectivity index (χ4v) is 2.54. The first kappa shape index (κ1) is 13.9. The molecule has 106 valence electrons. The minimum absolute atomic E-state index is 0.139. The second kappa shape index (κ2) is 6.59. The summed E-state index contributed by atoms with van der Waals surface area (Å²) in [6.07, 6.45) is 9.07. The Balaban J connectivity index is 1.80. The standard InChI is InChI=1S/C14H24N4O/c1-12(16-13-10-15-17(2)11-13)9-14(19)18-7-5-3-4-6-8-18/h10-12,16H,3-9H2,1-2H3/t12-/m0/s1. The average Bonchev–Trinajstić information content (AvgIpc) is 2.64. The molecule has 2 heterocycles. The van der Waals surface area contributed by atoms with Gasteiger partial charge >= 0.3 is 0 Å². The molecule has 1 aromatic rings. The lowest BCUT2D eigenvalue weighted by Gasteiger charge is -2.22. The summed E-state index contributed by atoms with van der Waals surface area (Å²) in [5, 5.41) is 7.43. The Morgan fingerprint density at radius 1 is 1.37 bits per heavy atom. The zero-order valence-corrected chi connectivity index (χ0v) is 11.9. The summed E-state index contributed by atoms with van der Waals surface area (Å²) in [5.74, 6) is 0.269. The SMILES string of the molecule is C[C@@H](CC(=O)N1CCCCCC1)Nc1cnn(C)c1. The molecule has 5 heteroatoms. The molecular formula is C14H24N4O. The normalized spacial score (nSPS) is 17.9. The van der Waals surface area contributed by atoms with E-state index in [9.17, 15) is 4.79 Å². The Morgan fingerprint density at radius 2 is 2.05 bits per heavy atom. The second-order valence-corrected chi connectivity index (χ2v) is 5.45. The van der Waals surface area contributed by atoms with Crippen LogP contribution in [0.5, 0.6) is 0 Å². The number of aryl methyl sites for hydroxylation is 1. The molecule has 1 atom stereocenters. The highest BCUT2D eigenvalue weighted by atomic mass is 16.2. The minimum atomic E-state index is 0.139. The Morgan fingerprint density at radius 3 is 2.63 bits per heavy atom. The van der Waals surface area contributed by atoms with Crippen LogP contribution in [-0.2, 0) is 11.8 Å². The van der Waals surface area contributed by atoms with Gasteiger partial charge in [-0.25, -0.2) is 0 Å². The molecule has 1 aliphatic rings. The summed E-state index contributed by atoms with van der Waals surface area (Å²) in [6.45, 7) is 3.90. The number of carbonyl (C=O) groups is 1. The number of hydrogen-bond acceptors (Lipinski definition) is 3. The van der Waals surface area contributed by atoms with Crippen LogP contribution in [0.3, 0.4) is 0 Å². The smallest absolute Gasteiger partial charge is 0.224 e. The van der Waals surface area contributed by atoms with Gasteiger partial charge in [0.2, 0.25) is 5.91 Å². The van der Waals surface area contributed by atoms with Crippen molar-refractivity contribution >= 4 is 11.6 Å². The zero-order valence-electron chi connectivity index (χ0n) is 11.9. The van der Waals surface area contributed by atoms with Crippen LogP contribution in [0, 0.1) is 0 Å². The van der Waals surface area contributed by atoms with E-state index in [-0.39, 0.29) is 11.9 Å². The van der Waals surface area contributed by atoms with E-state index in [0.29, 0.717) is 6.42 Å². The molecule has 1 aliphatic heterocycles. The maximum atomic E-state index is 12.2. The van der Waals surface area contributed by atoms with Gasteiger partial charge in [-0.05, 0) is 19.8 Å². The Labute approximate surface area is 115 Å². The van der Waals surface area contributed by atoms with Crippen molar-refractivity contribution in [2.75, 3.05) is 18.4 Å². The molecule has 0 unspecified atom stereocenters. The molecule has 1 N–H and O–H groups in total. The number of anilines is 1. The van der Waals surface area contributed by atoms with Crippen molar-refractivity contribution in [2.45, 2.75) is 45.1 Å². The summed E-state index contributed by atoms with van der Waals surface area (Å²) in [6, 6.07) is 0.139. The van der Waals surface area contributed by atoms with Crippen molar-refractivity contribution < 1.29 is 4.79 Å². The van der Waals surface area contributed by atoms with Crippen molar-refractivity contribution in [3.8, 4) is 0 Å². The first-order chi connectivity index (χ1) is 9.15. The summed E-state index contributed by atoms with van der Waals surface area (Å²) < 4.78 is 1.76. The molecule has 0 spiro atoms. The van der Waals surface area contributed by atoms with Crippen LogP contribution >= 0.6 is 0 Å². The van der Waals surface area contributed by atoms with Gasteiger partial charge in [0.15, 0.2) is 0 Å². The van der Waals surface area contributed by atoms with Crippen molar-refractivity contribution in [3.63, 3.8) is 0 Å². The minimum Gasteiger partial charge on any atom is -0.380 e. The largest absolute Gasteiger partial charge is 0.380 e. The molecule has 1 amide bonds. The van der Waals surface area contributed by atoms with Gasteiger partial charge < -0.3 is 10.2 Å². The molecule has 0 saturated carbocycles. The first-order valence-electron chi connectivity index (χ1n) is 7.18. The van der Waals surface area contributed by atoms with Crippen molar-refractivity contribution in [1.29, 1.82) is 0 Å². The second-order valence-electron chi connectivity index (χ2n) is 5.45. The lowest BCUT2D eigenvalue weighted by atomic mass is 10.2. The van der Waals surface area contributed by atoms with Crippen LogP contribution in [0.25, 0.3) is 0 Å². The number of amides is 1. The van der Waals surface area contributed by atoms with E-state index in [4.69, 9.17) is 0 Å². The monoisotopic (exact) mass is 264 g/mol. The van der Waals surface area contributed by atoms with Gasteiger partial charge in [0.05, 0.1) is 11.9 Å². The Bertz CT molecular complexity index is 407. The molecule has 19 heavy (non-hydrogen) atoms.